The summed E-state index contributed by atoms with van der Waals surface area (Å²) in [6.07, 6.45) is 9.79. The first kappa shape index (κ1) is 15.0. The predicted molar refractivity (Wildman–Crippen MR) is 86.3 cm³/mol. The SMILES string of the molecule is CC(C)(C)C1CCCCC1(O)C1CCCc2cccnc21. The summed E-state index contributed by atoms with van der Waals surface area (Å²) in [4.78, 5) is 4.68. The molecule has 3 rings (SSSR count). The number of aliphatic hydroxyl groups is 1. The van der Waals surface area contributed by atoms with E-state index < -0.39 is 5.60 Å². The molecule has 0 saturated heterocycles. The molecule has 3 atom stereocenters. The van der Waals surface area contributed by atoms with Gasteiger partial charge >= 0.3 is 0 Å². The highest BCUT2D eigenvalue weighted by atomic mass is 16.3. The van der Waals surface area contributed by atoms with Crippen molar-refractivity contribution in [3.8, 4) is 0 Å². The Hall–Kier alpha value is -0.890. The van der Waals surface area contributed by atoms with Crippen LogP contribution in [0, 0.1) is 11.3 Å². The number of aryl methyl sites for hydroxylation is 1. The zero-order valence-electron chi connectivity index (χ0n) is 13.7. The van der Waals surface area contributed by atoms with Crippen LogP contribution in [0.1, 0.15) is 76.5 Å². The molecule has 0 spiro atoms. The van der Waals surface area contributed by atoms with Gasteiger partial charge in [0.25, 0.3) is 0 Å². The number of hydrogen-bond acceptors (Lipinski definition) is 2. The summed E-state index contributed by atoms with van der Waals surface area (Å²) >= 11 is 0. The molecule has 1 aromatic rings. The summed E-state index contributed by atoms with van der Waals surface area (Å²) in [6.45, 7) is 6.86. The molecule has 2 heteroatoms. The van der Waals surface area contributed by atoms with Gasteiger partial charge in [0.05, 0.1) is 5.60 Å². The third kappa shape index (κ3) is 2.63. The van der Waals surface area contributed by atoms with E-state index in [0.29, 0.717) is 5.92 Å². The van der Waals surface area contributed by atoms with Crippen LogP contribution in [0.15, 0.2) is 18.3 Å². The molecule has 0 amide bonds. The fourth-order valence-corrected chi connectivity index (χ4v) is 4.88. The Balaban J connectivity index is 2.01. The molecule has 21 heavy (non-hydrogen) atoms. The van der Waals surface area contributed by atoms with E-state index in [-0.39, 0.29) is 11.3 Å². The molecule has 1 heterocycles. The van der Waals surface area contributed by atoms with E-state index in [2.05, 4.69) is 31.8 Å². The first-order valence-corrected chi connectivity index (χ1v) is 8.59. The normalized spacial score (nSPS) is 33.5. The monoisotopic (exact) mass is 287 g/mol. The van der Waals surface area contributed by atoms with Crippen molar-refractivity contribution in [2.45, 2.75) is 77.2 Å². The van der Waals surface area contributed by atoms with E-state index >= 15 is 0 Å². The maximum Gasteiger partial charge on any atom is 0.0764 e. The Morgan fingerprint density at radius 3 is 2.76 bits per heavy atom. The number of rotatable bonds is 1. The standard InChI is InChI=1S/C19H29NO/c1-18(2,3)16-11-4-5-12-19(16,21)15-10-6-8-14-9-7-13-20-17(14)15/h7,9,13,15-16,21H,4-6,8,10-12H2,1-3H3. The first-order valence-electron chi connectivity index (χ1n) is 8.59. The summed E-state index contributed by atoms with van der Waals surface area (Å²) in [6, 6.07) is 4.24. The van der Waals surface area contributed by atoms with Crippen LogP contribution < -0.4 is 0 Å². The van der Waals surface area contributed by atoms with E-state index in [0.717, 1.165) is 32.1 Å². The van der Waals surface area contributed by atoms with Gasteiger partial charge in [0.2, 0.25) is 0 Å². The molecule has 1 N–H and O–H groups in total. The van der Waals surface area contributed by atoms with Crippen LogP contribution in [0.5, 0.6) is 0 Å². The van der Waals surface area contributed by atoms with Crippen molar-refractivity contribution in [1.29, 1.82) is 0 Å². The van der Waals surface area contributed by atoms with Crippen molar-refractivity contribution in [3.05, 3.63) is 29.6 Å². The molecule has 2 aliphatic rings. The molecule has 1 aromatic heterocycles. The van der Waals surface area contributed by atoms with Crippen LogP contribution >= 0.6 is 0 Å². The third-order valence-electron chi connectivity index (χ3n) is 5.77. The maximum atomic E-state index is 11.7. The molecule has 116 valence electrons. The quantitative estimate of drug-likeness (QED) is 0.826. The summed E-state index contributed by atoms with van der Waals surface area (Å²) in [5, 5.41) is 11.7. The Bertz CT molecular complexity index is 505. The maximum absolute atomic E-state index is 11.7. The van der Waals surface area contributed by atoms with Crippen molar-refractivity contribution in [1.82, 2.24) is 4.98 Å². The first-order chi connectivity index (χ1) is 9.93. The second kappa shape index (κ2) is 5.39. The van der Waals surface area contributed by atoms with Crippen LogP contribution in [-0.4, -0.2) is 15.7 Å². The number of aromatic nitrogens is 1. The summed E-state index contributed by atoms with van der Waals surface area (Å²) in [5.41, 5.74) is 2.13. The van der Waals surface area contributed by atoms with Gasteiger partial charge in [-0.1, -0.05) is 39.7 Å². The third-order valence-corrected chi connectivity index (χ3v) is 5.77. The van der Waals surface area contributed by atoms with Gasteiger partial charge in [0.1, 0.15) is 0 Å². The highest BCUT2D eigenvalue weighted by molar-refractivity contribution is 5.29. The minimum atomic E-state index is -0.569. The minimum absolute atomic E-state index is 0.154. The molecule has 3 unspecified atom stereocenters. The van der Waals surface area contributed by atoms with Gasteiger partial charge in [0, 0.05) is 17.8 Å². The lowest BCUT2D eigenvalue weighted by molar-refractivity contribution is -0.112. The molecule has 0 bridgehead atoms. The van der Waals surface area contributed by atoms with E-state index in [4.69, 9.17) is 0 Å². The molecule has 0 aromatic carbocycles. The molecule has 0 radical (unpaired) electrons. The van der Waals surface area contributed by atoms with E-state index in [1.54, 1.807) is 0 Å². The van der Waals surface area contributed by atoms with Crippen molar-refractivity contribution in [3.63, 3.8) is 0 Å². The molecule has 1 fully saturated rings. The van der Waals surface area contributed by atoms with Crippen LogP contribution in [0.25, 0.3) is 0 Å². The number of pyridine rings is 1. The smallest absolute Gasteiger partial charge is 0.0764 e. The Morgan fingerprint density at radius 2 is 2.00 bits per heavy atom. The molecule has 2 nitrogen and oxygen atoms in total. The van der Waals surface area contributed by atoms with Crippen molar-refractivity contribution < 1.29 is 5.11 Å². The van der Waals surface area contributed by atoms with Gasteiger partial charge in [-0.3, -0.25) is 4.98 Å². The topological polar surface area (TPSA) is 33.1 Å². The lowest BCUT2D eigenvalue weighted by atomic mass is 9.57. The van der Waals surface area contributed by atoms with Gasteiger partial charge in [-0.15, -0.1) is 0 Å². The Morgan fingerprint density at radius 1 is 1.19 bits per heavy atom. The molecule has 1 saturated carbocycles. The largest absolute Gasteiger partial charge is 0.389 e. The molecule has 2 aliphatic carbocycles. The van der Waals surface area contributed by atoms with Crippen molar-refractivity contribution in [2.75, 3.05) is 0 Å². The lowest BCUT2D eigenvalue weighted by Gasteiger charge is -2.51. The van der Waals surface area contributed by atoms with Crippen molar-refractivity contribution >= 4 is 0 Å². The van der Waals surface area contributed by atoms with Gasteiger partial charge in [0.15, 0.2) is 0 Å². The van der Waals surface area contributed by atoms with Gasteiger partial charge in [-0.2, -0.15) is 0 Å². The Labute approximate surface area is 129 Å². The summed E-state index contributed by atoms with van der Waals surface area (Å²) in [7, 11) is 0. The number of hydrogen-bond donors (Lipinski definition) is 1. The molecular weight excluding hydrogens is 258 g/mol. The fraction of sp³-hybridized carbons (Fsp3) is 0.737. The van der Waals surface area contributed by atoms with Crippen LogP contribution in [0.4, 0.5) is 0 Å². The van der Waals surface area contributed by atoms with Gasteiger partial charge in [-0.25, -0.2) is 0 Å². The average Bonchev–Trinajstić information content (AvgIpc) is 2.46. The van der Waals surface area contributed by atoms with E-state index in [1.807, 2.05) is 12.3 Å². The van der Waals surface area contributed by atoms with E-state index in [9.17, 15) is 5.11 Å². The van der Waals surface area contributed by atoms with E-state index in [1.165, 1.54) is 24.1 Å². The second-order valence-corrected chi connectivity index (χ2v) is 8.15. The van der Waals surface area contributed by atoms with Crippen molar-refractivity contribution in [2.24, 2.45) is 11.3 Å². The summed E-state index contributed by atoms with van der Waals surface area (Å²) in [5.74, 6) is 0.601. The number of nitrogens with zero attached hydrogens (tertiary/aromatic N) is 1. The van der Waals surface area contributed by atoms with Gasteiger partial charge in [-0.05, 0) is 55.1 Å². The Kier molecular flexibility index (Phi) is 3.85. The second-order valence-electron chi connectivity index (χ2n) is 8.15. The van der Waals surface area contributed by atoms with Crippen LogP contribution in [-0.2, 0) is 6.42 Å². The highest BCUT2D eigenvalue weighted by Crippen LogP contribution is 2.53. The fourth-order valence-electron chi connectivity index (χ4n) is 4.88. The highest BCUT2D eigenvalue weighted by Gasteiger charge is 2.51. The molecular formula is C19H29NO. The molecule has 0 aliphatic heterocycles. The zero-order valence-corrected chi connectivity index (χ0v) is 13.7. The van der Waals surface area contributed by atoms with Crippen LogP contribution in [0.2, 0.25) is 0 Å². The van der Waals surface area contributed by atoms with Crippen LogP contribution in [0.3, 0.4) is 0 Å². The zero-order chi connectivity index (χ0) is 15.1. The number of fused-ring (bicyclic) bond motifs is 1. The minimum Gasteiger partial charge on any atom is -0.389 e. The van der Waals surface area contributed by atoms with Gasteiger partial charge < -0.3 is 5.11 Å². The summed E-state index contributed by atoms with van der Waals surface area (Å²) < 4.78 is 0. The predicted octanol–water partition coefficient (Wildman–Crippen LogP) is 4.47. The lowest BCUT2D eigenvalue weighted by Crippen LogP contribution is -2.51. The average molecular weight is 287 g/mol.